The molecule has 1 heterocycles. The molecular formula is C13H14N2O3. The first kappa shape index (κ1) is 12.2. The Labute approximate surface area is 104 Å². The molecule has 5 nitrogen and oxygen atoms in total. The second kappa shape index (κ2) is 5.35. The van der Waals surface area contributed by atoms with E-state index in [1.54, 1.807) is 18.2 Å². The van der Waals surface area contributed by atoms with Crippen LogP contribution in [0.2, 0.25) is 0 Å². The number of phenols is 1. The topological polar surface area (TPSA) is 75.4 Å². The highest BCUT2D eigenvalue weighted by Gasteiger charge is 2.12. The molecule has 0 fully saturated rings. The van der Waals surface area contributed by atoms with Gasteiger partial charge in [-0.25, -0.2) is 0 Å². The smallest absolute Gasteiger partial charge is 0.277 e. The van der Waals surface area contributed by atoms with E-state index in [2.05, 4.69) is 10.5 Å². The molecule has 0 saturated heterocycles. The Bertz CT molecular complexity index is 549. The fourth-order valence-corrected chi connectivity index (χ4v) is 1.56. The van der Waals surface area contributed by atoms with Crippen LogP contribution in [0.1, 0.15) is 29.6 Å². The van der Waals surface area contributed by atoms with Gasteiger partial charge >= 0.3 is 0 Å². The number of hydrogen-bond acceptors (Lipinski definition) is 4. The predicted octanol–water partition coefficient (Wildman–Crippen LogP) is 2.59. The predicted molar refractivity (Wildman–Crippen MR) is 66.6 cm³/mol. The second-order valence-electron chi connectivity index (χ2n) is 3.93. The molecule has 18 heavy (non-hydrogen) atoms. The molecule has 1 aromatic carbocycles. The van der Waals surface area contributed by atoms with Crippen LogP contribution >= 0.6 is 0 Å². The quantitative estimate of drug-likeness (QED) is 0.869. The van der Waals surface area contributed by atoms with Crippen LogP contribution in [-0.2, 0) is 6.42 Å². The summed E-state index contributed by atoms with van der Waals surface area (Å²) in [6, 6.07) is 7.96. The third-order valence-corrected chi connectivity index (χ3v) is 2.39. The van der Waals surface area contributed by atoms with Crippen molar-refractivity contribution in [2.45, 2.75) is 19.8 Å². The van der Waals surface area contributed by atoms with Crippen molar-refractivity contribution in [1.82, 2.24) is 5.16 Å². The molecule has 0 saturated carbocycles. The number of carbonyl (C=O) groups is 1. The molecule has 1 amide bonds. The second-order valence-corrected chi connectivity index (χ2v) is 3.93. The Balaban J connectivity index is 2.07. The van der Waals surface area contributed by atoms with Gasteiger partial charge in [0, 0.05) is 24.2 Å². The Morgan fingerprint density at radius 2 is 2.28 bits per heavy atom. The van der Waals surface area contributed by atoms with Crippen LogP contribution in [0.5, 0.6) is 5.75 Å². The van der Waals surface area contributed by atoms with Crippen LogP contribution in [0.25, 0.3) is 0 Å². The van der Waals surface area contributed by atoms with Crippen molar-refractivity contribution < 1.29 is 14.4 Å². The minimum absolute atomic E-state index is 0.0969. The molecule has 0 radical (unpaired) electrons. The van der Waals surface area contributed by atoms with Crippen molar-refractivity contribution in [2.75, 3.05) is 5.32 Å². The Morgan fingerprint density at radius 1 is 1.44 bits per heavy atom. The summed E-state index contributed by atoms with van der Waals surface area (Å²) in [7, 11) is 0. The summed E-state index contributed by atoms with van der Waals surface area (Å²) < 4.78 is 5.03. The van der Waals surface area contributed by atoms with Gasteiger partial charge in [-0.3, -0.25) is 4.79 Å². The number of aromatic nitrogens is 1. The lowest BCUT2D eigenvalue weighted by Gasteiger charge is -2.02. The van der Waals surface area contributed by atoms with Crippen molar-refractivity contribution in [3.63, 3.8) is 0 Å². The van der Waals surface area contributed by atoms with Gasteiger partial charge in [-0.1, -0.05) is 18.1 Å². The number of hydrogen-bond donors (Lipinski definition) is 2. The summed E-state index contributed by atoms with van der Waals surface area (Å²) in [6.45, 7) is 2.02. The number of phenolic OH excluding ortho intramolecular Hbond substituents is 1. The van der Waals surface area contributed by atoms with Gasteiger partial charge in [-0.2, -0.15) is 0 Å². The minimum Gasteiger partial charge on any atom is -0.508 e. The molecule has 0 aliphatic rings. The van der Waals surface area contributed by atoms with Gasteiger partial charge in [-0.15, -0.1) is 0 Å². The lowest BCUT2D eigenvalue weighted by atomic mass is 10.2. The lowest BCUT2D eigenvalue weighted by molar-refractivity contribution is 0.101. The molecule has 0 atom stereocenters. The number of nitrogens with zero attached hydrogens (tertiary/aromatic N) is 1. The van der Waals surface area contributed by atoms with Crippen LogP contribution in [0.15, 0.2) is 34.9 Å². The maximum atomic E-state index is 11.8. The molecular weight excluding hydrogens is 232 g/mol. The number of carbonyl (C=O) groups excluding carboxylic acids is 1. The van der Waals surface area contributed by atoms with E-state index in [-0.39, 0.29) is 17.4 Å². The summed E-state index contributed by atoms with van der Waals surface area (Å²) in [5, 5.41) is 15.6. The van der Waals surface area contributed by atoms with Gasteiger partial charge in [0.05, 0.1) is 0 Å². The largest absolute Gasteiger partial charge is 0.508 e. The number of anilines is 1. The zero-order valence-electron chi connectivity index (χ0n) is 10.0. The maximum absolute atomic E-state index is 11.8. The molecule has 0 unspecified atom stereocenters. The average molecular weight is 246 g/mol. The highest BCUT2D eigenvalue weighted by atomic mass is 16.5. The van der Waals surface area contributed by atoms with Gasteiger partial charge < -0.3 is 14.9 Å². The third kappa shape index (κ3) is 2.88. The summed E-state index contributed by atoms with van der Waals surface area (Å²) in [4.78, 5) is 11.8. The van der Waals surface area contributed by atoms with Crippen LogP contribution in [0, 0.1) is 0 Å². The first-order valence-electron chi connectivity index (χ1n) is 5.75. The van der Waals surface area contributed by atoms with Gasteiger partial charge in [-0.05, 0) is 18.6 Å². The minimum atomic E-state index is -0.355. The van der Waals surface area contributed by atoms with E-state index in [1.165, 1.54) is 12.1 Å². The molecule has 1 aromatic heterocycles. The summed E-state index contributed by atoms with van der Waals surface area (Å²) in [5.74, 6) is 0.435. The first-order valence-corrected chi connectivity index (χ1v) is 5.75. The average Bonchev–Trinajstić information content (AvgIpc) is 2.78. The van der Waals surface area contributed by atoms with Crippen LogP contribution in [0.4, 0.5) is 5.69 Å². The number of benzene rings is 1. The number of rotatable bonds is 4. The van der Waals surface area contributed by atoms with Crippen molar-refractivity contribution in [3.8, 4) is 5.75 Å². The monoisotopic (exact) mass is 246 g/mol. The molecule has 2 aromatic rings. The Kier molecular flexibility index (Phi) is 3.62. The highest BCUT2D eigenvalue weighted by molar-refractivity contribution is 6.02. The molecule has 2 rings (SSSR count). The van der Waals surface area contributed by atoms with Crippen molar-refractivity contribution in [1.29, 1.82) is 0 Å². The zero-order chi connectivity index (χ0) is 13.0. The van der Waals surface area contributed by atoms with Gasteiger partial charge in [0.25, 0.3) is 5.91 Å². The highest BCUT2D eigenvalue weighted by Crippen LogP contribution is 2.16. The molecule has 0 bridgehead atoms. The standard InChI is InChI=1S/C13H14N2O3/c1-2-4-11-8-12(15-18-11)13(17)14-9-5-3-6-10(16)7-9/h3,5-8,16H,2,4H2,1H3,(H,14,17). The number of aryl methyl sites for hydroxylation is 1. The fourth-order valence-electron chi connectivity index (χ4n) is 1.56. The summed E-state index contributed by atoms with van der Waals surface area (Å²) in [5.41, 5.74) is 0.752. The SMILES string of the molecule is CCCc1cc(C(=O)Nc2cccc(O)c2)no1. The van der Waals surface area contributed by atoms with E-state index in [0.717, 1.165) is 12.8 Å². The van der Waals surface area contributed by atoms with Crippen molar-refractivity contribution >= 4 is 11.6 Å². The molecule has 5 heteroatoms. The van der Waals surface area contributed by atoms with E-state index in [1.807, 2.05) is 6.92 Å². The molecule has 2 N–H and O–H groups in total. The maximum Gasteiger partial charge on any atom is 0.277 e. The molecule has 0 aliphatic heterocycles. The van der Waals surface area contributed by atoms with E-state index in [0.29, 0.717) is 11.4 Å². The molecule has 0 spiro atoms. The van der Waals surface area contributed by atoms with Crippen molar-refractivity contribution in [3.05, 3.63) is 41.8 Å². The zero-order valence-corrected chi connectivity index (χ0v) is 10.0. The third-order valence-electron chi connectivity index (χ3n) is 2.39. The van der Waals surface area contributed by atoms with Gasteiger partial charge in [0.2, 0.25) is 0 Å². The van der Waals surface area contributed by atoms with Crippen molar-refractivity contribution in [2.24, 2.45) is 0 Å². The van der Waals surface area contributed by atoms with Gasteiger partial charge in [0.1, 0.15) is 11.5 Å². The van der Waals surface area contributed by atoms with Gasteiger partial charge in [0.15, 0.2) is 5.69 Å². The molecule has 0 aliphatic carbocycles. The van der Waals surface area contributed by atoms with Crippen LogP contribution in [-0.4, -0.2) is 16.2 Å². The Hall–Kier alpha value is -2.30. The number of nitrogens with one attached hydrogen (secondary N) is 1. The first-order chi connectivity index (χ1) is 8.69. The summed E-state index contributed by atoms with van der Waals surface area (Å²) in [6.07, 6.45) is 1.69. The lowest BCUT2D eigenvalue weighted by Crippen LogP contribution is -2.11. The number of aromatic hydroxyl groups is 1. The molecule has 94 valence electrons. The van der Waals surface area contributed by atoms with E-state index in [4.69, 9.17) is 4.52 Å². The fraction of sp³-hybridized carbons (Fsp3) is 0.231. The van der Waals surface area contributed by atoms with E-state index < -0.39 is 0 Å². The Morgan fingerprint density at radius 3 is 3.00 bits per heavy atom. The van der Waals surface area contributed by atoms with E-state index in [9.17, 15) is 9.90 Å². The number of amides is 1. The normalized spacial score (nSPS) is 10.3. The van der Waals surface area contributed by atoms with E-state index >= 15 is 0 Å². The van der Waals surface area contributed by atoms with Crippen LogP contribution in [0.3, 0.4) is 0 Å². The van der Waals surface area contributed by atoms with Crippen LogP contribution < -0.4 is 5.32 Å². The summed E-state index contributed by atoms with van der Waals surface area (Å²) >= 11 is 0.